The molecule has 0 bridgehead atoms. The fraction of sp³-hybridized carbons (Fsp3) is 0.0769. The summed E-state index contributed by atoms with van der Waals surface area (Å²) in [4.78, 5) is 26.1. The number of benzene rings is 3. The maximum atomic E-state index is 13.0. The minimum atomic E-state index is -0.766. The highest BCUT2D eigenvalue weighted by molar-refractivity contribution is 6.07. The highest BCUT2D eigenvalue weighted by Crippen LogP contribution is 2.41. The quantitative estimate of drug-likeness (QED) is 0.456. The fourth-order valence-electron chi connectivity index (χ4n) is 4.57. The van der Waals surface area contributed by atoms with Crippen LogP contribution in [-0.2, 0) is 19.1 Å². The van der Waals surface area contributed by atoms with Crippen molar-refractivity contribution in [1.29, 1.82) is 0 Å². The number of ketones is 2. The Kier molecular flexibility index (Phi) is 3.81. The molecule has 4 heterocycles. The Bertz CT molecular complexity index is 1350. The Balaban J connectivity index is 1.09. The molecule has 0 aliphatic carbocycles. The summed E-state index contributed by atoms with van der Waals surface area (Å²) < 4.78 is 11.9. The van der Waals surface area contributed by atoms with Crippen LogP contribution in [0.4, 0.5) is 22.7 Å². The van der Waals surface area contributed by atoms with Gasteiger partial charge in [0.05, 0.1) is 22.7 Å². The van der Waals surface area contributed by atoms with Crippen LogP contribution in [0, 0.1) is 0 Å². The largest absolute Gasteiger partial charge is 0.461 e. The van der Waals surface area contributed by atoms with Gasteiger partial charge in [0.1, 0.15) is 11.4 Å². The third kappa shape index (κ3) is 2.72. The molecule has 34 heavy (non-hydrogen) atoms. The van der Waals surface area contributed by atoms with Gasteiger partial charge in [0, 0.05) is 11.1 Å². The van der Waals surface area contributed by atoms with Crippen molar-refractivity contribution in [1.82, 2.24) is 0 Å². The maximum absolute atomic E-state index is 13.0. The Hall–Kier alpha value is -4.72. The first kappa shape index (κ1) is 18.8. The summed E-state index contributed by atoms with van der Waals surface area (Å²) in [5.74, 6) is 0.531. The molecule has 8 nitrogen and oxygen atoms in total. The van der Waals surface area contributed by atoms with Gasteiger partial charge in [-0.2, -0.15) is 0 Å². The molecule has 4 aliphatic heterocycles. The van der Waals surface area contributed by atoms with Gasteiger partial charge in [-0.3, -0.25) is 9.59 Å². The zero-order chi connectivity index (χ0) is 22.8. The zero-order valence-corrected chi connectivity index (χ0v) is 17.7. The molecule has 3 aromatic carbocycles. The van der Waals surface area contributed by atoms with Gasteiger partial charge in [-0.1, -0.05) is 48.5 Å². The number of fused-ring (bicyclic) bond motifs is 2. The Morgan fingerprint density at radius 1 is 0.500 bits per heavy atom. The van der Waals surface area contributed by atoms with Crippen LogP contribution >= 0.6 is 0 Å². The average Bonchev–Trinajstić information content (AvgIpc) is 3.37. The lowest BCUT2D eigenvalue weighted by molar-refractivity contribution is -0.122. The van der Waals surface area contributed by atoms with Crippen LogP contribution in [0.3, 0.4) is 0 Å². The number of ether oxygens (including phenoxy) is 2. The minimum absolute atomic E-state index is 0.152. The van der Waals surface area contributed by atoms with E-state index in [0.29, 0.717) is 34.3 Å². The van der Waals surface area contributed by atoms with Crippen LogP contribution in [0.5, 0.6) is 0 Å². The van der Waals surface area contributed by atoms with Crippen molar-refractivity contribution in [3.8, 4) is 0 Å². The van der Waals surface area contributed by atoms with Crippen molar-refractivity contribution in [3.63, 3.8) is 0 Å². The third-order valence-electron chi connectivity index (χ3n) is 6.31. The summed E-state index contributed by atoms with van der Waals surface area (Å²) in [6, 6.07) is 22.4. The summed E-state index contributed by atoms with van der Waals surface area (Å²) >= 11 is 0. The number of carbonyl (C=O) groups is 2. The number of anilines is 4. The van der Waals surface area contributed by atoms with Crippen molar-refractivity contribution >= 4 is 34.3 Å². The van der Waals surface area contributed by atoms with E-state index in [9.17, 15) is 9.59 Å². The van der Waals surface area contributed by atoms with E-state index in [1.807, 2.05) is 48.5 Å². The normalized spacial score (nSPS) is 21.6. The smallest absolute Gasteiger partial charge is 0.229 e. The van der Waals surface area contributed by atoms with Gasteiger partial charge < -0.3 is 30.7 Å². The van der Waals surface area contributed by atoms with Gasteiger partial charge in [-0.25, -0.2) is 0 Å². The topological polar surface area (TPSA) is 101 Å². The van der Waals surface area contributed by atoms with Gasteiger partial charge in [0.25, 0.3) is 0 Å². The predicted octanol–water partition coefficient (Wildman–Crippen LogP) is 4.38. The Labute approximate surface area is 194 Å². The van der Waals surface area contributed by atoms with Crippen molar-refractivity contribution in [2.45, 2.75) is 12.2 Å². The highest BCUT2D eigenvalue weighted by Gasteiger charge is 2.41. The van der Waals surface area contributed by atoms with Crippen LogP contribution in [-0.4, -0.2) is 11.6 Å². The number of nitrogens with one attached hydrogen (secondary N) is 4. The number of hydrogen-bond donors (Lipinski definition) is 4. The predicted molar refractivity (Wildman–Crippen MR) is 126 cm³/mol. The number of carbonyl (C=O) groups excluding carboxylic acids is 2. The van der Waals surface area contributed by atoms with Gasteiger partial charge >= 0.3 is 0 Å². The summed E-state index contributed by atoms with van der Waals surface area (Å²) in [5, 5.41) is 12.7. The van der Waals surface area contributed by atoms with E-state index in [1.165, 1.54) is 0 Å². The molecule has 4 N–H and O–H groups in total. The lowest BCUT2D eigenvalue weighted by Crippen LogP contribution is -2.18. The Morgan fingerprint density at radius 2 is 0.853 bits per heavy atom. The van der Waals surface area contributed by atoms with E-state index >= 15 is 0 Å². The molecular weight excluding hydrogens is 432 g/mol. The second-order valence-electron chi connectivity index (χ2n) is 8.39. The van der Waals surface area contributed by atoms with Crippen LogP contribution in [0.2, 0.25) is 0 Å². The van der Waals surface area contributed by atoms with E-state index in [1.54, 1.807) is 24.3 Å². The lowest BCUT2D eigenvalue weighted by atomic mass is 9.99. The molecule has 3 aromatic rings. The minimum Gasteiger partial charge on any atom is -0.461 e. The van der Waals surface area contributed by atoms with E-state index in [0.717, 1.165) is 22.7 Å². The standard InChI is InChI=1S/C26H18N4O4/c31-21-19-25(29-17-7-3-1-5-15(17)27-19)33-23(21)13-9-11-14(12-10-13)24-22(32)20-26(34-24)30-18-8-4-2-6-16(18)28-20/h1-12,23-24,27-30H/t23-,24+. The second kappa shape index (κ2) is 6.89. The molecule has 0 spiro atoms. The van der Waals surface area contributed by atoms with Crippen molar-refractivity contribution in [3.05, 3.63) is 107 Å². The second-order valence-corrected chi connectivity index (χ2v) is 8.39. The van der Waals surface area contributed by atoms with Gasteiger partial charge in [0.15, 0.2) is 12.2 Å². The average molecular weight is 450 g/mol. The number of para-hydroxylation sites is 4. The number of hydrogen-bond acceptors (Lipinski definition) is 8. The maximum Gasteiger partial charge on any atom is 0.229 e. The van der Waals surface area contributed by atoms with E-state index in [4.69, 9.17) is 9.47 Å². The highest BCUT2D eigenvalue weighted by atomic mass is 16.5. The number of rotatable bonds is 2. The molecule has 4 aliphatic rings. The molecule has 0 fully saturated rings. The first-order valence-corrected chi connectivity index (χ1v) is 10.9. The van der Waals surface area contributed by atoms with E-state index in [2.05, 4.69) is 21.3 Å². The third-order valence-corrected chi connectivity index (χ3v) is 6.31. The first-order valence-electron chi connectivity index (χ1n) is 10.9. The van der Waals surface area contributed by atoms with Crippen LogP contribution in [0.1, 0.15) is 23.3 Å². The molecule has 0 saturated heterocycles. The molecule has 8 heteroatoms. The van der Waals surface area contributed by atoms with Crippen molar-refractivity contribution in [2.75, 3.05) is 21.3 Å². The lowest BCUT2D eigenvalue weighted by Gasteiger charge is -2.19. The number of Topliss-reactive ketones (excluding diaryl/α,β-unsaturated/α-hetero) is 2. The Morgan fingerprint density at radius 3 is 1.24 bits per heavy atom. The zero-order valence-electron chi connectivity index (χ0n) is 17.7. The summed E-state index contributed by atoms with van der Waals surface area (Å²) in [5.41, 5.74) is 5.57. The summed E-state index contributed by atoms with van der Waals surface area (Å²) in [6.45, 7) is 0. The molecule has 2 atom stereocenters. The fourth-order valence-corrected chi connectivity index (χ4v) is 4.57. The summed E-state index contributed by atoms with van der Waals surface area (Å²) in [6.07, 6.45) is -1.53. The molecule has 0 aromatic heterocycles. The van der Waals surface area contributed by atoms with E-state index < -0.39 is 12.2 Å². The molecular formula is C26H18N4O4. The van der Waals surface area contributed by atoms with Crippen LogP contribution in [0.15, 0.2) is 96.0 Å². The first-order chi connectivity index (χ1) is 16.7. The van der Waals surface area contributed by atoms with Gasteiger partial charge in [0.2, 0.25) is 23.3 Å². The monoisotopic (exact) mass is 450 g/mol. The molecule has 0 saturated carbocycles. The van der Waals surface area contributed by atoms with Crippen molar-refractivity contribution in [2.24, 2.45) is 0 Å². The van der Waals surface area contributed by atoms with Crippen LogP contribution < -0.4 is 21.3 Å². The summed E-state index contributed by atoms with van der Waals surface area (Å²) in [7, 11) is 0. The van der Waals surface area contributed by atoms with Crippen LogP contribution in [0.25, 0.3) is 0 Å². The SMILES string of the molecule is O=C1C2=C(Nc3ccccc3N2)O[C@H]1c1ccc([C@H]2OC3=C(Nc4ccccc4N3)C2=O)cc1. The molecule has 0 unspecified atom stereocenters. The molecule has 7 rings (SSSR count). The molecule has 0 amide bonds. The molecule has 166 valence electrons. The van der Waals surface area contributed by atoms with Gasteiger partial charge in [-0.05, 0) is 24.3 Å². The molecule has 0 radical (unpaired) electrons. The van der Waals surface area contributed by atoms with Crippen molar-refractivity contribution < 1.29 is 19.1 Å². The van der Waals surface area contributed by atoms with Gasteiger partial charge in [-0.15, -0.1) is 0 Å². The van der Waals surface area contributed by atoms with E-state index in [-0.39, 0.29) is 11.6 Å².